The second-order valence-electron chi connectivity index (χ2n) is 9.17. The summed E-state index contributed by atoms with van der Waals surface area (Å²) in [7, 11) is 0. The van der Waals surface area contributed by atoms with Crippen LogP contribution in [0, 0.1) is 13.8 Å². The van der Waals surface area contributed by atoms with Crippen molar-refractivity contribution >= 4 is 39.8 Å². The van der Waals surface area contributed by atoms with Gasteiger partial charge < -0.3 is 10.1 Å². The second-order valence-corrected chi connectivity index (χ2v) is 11.2. The minimum Gasteiger partial charge on any atom is -0.444 e. The lowest BCUT2D eigenvalue weighted by Gasteiger charge is -2.27. The Kier molecular flexibility index (Phi) is 6.54. The van der Waals surface area contributed by atoms with Crippen LogP contribution in [0.3, 0.4) is 0 Å². The first-order chi connectivity index (χ1) is 15.6. The van der Waals surface area contributed by atoms with Crippen LogP contribution in [0.5, 0.6) is 0 Å². The van der Waals surface area contributed by atoms with Crippen molar-refractivity contribution in [2.45, 2.75) is 58.6 Å². The van der Waals surface area contributed by atoms with E-state index in [1.165, 1.54) is 11.3 Å². The second kappa shape index (κ2) is 9.23. The Balaban J connectivity index is 1.53. The lowest BCUT2D eigenvalue weighted by atomic mass is 9.96. The number of anilines is 1. The summed E-state index contributed by atoms with van der Waals surface area (Å²) in [4.78, 5) is 37.8. The summed E-state index contributed by atoms with van der Waals surface area (Å²) < 4.78 is 5.60. The molecule has 0 unspecified atom stereocenters. The third-order valence-corrected chi connectivity index (χ3v) is 7.23. The fourth-order valence-corrected chi connectivity index (χ4v) is 5.63. The normalized spacial score (nSPS) is 18.4. The van der Waals surface area contributed by atoms with Gasteiger partial charge in [-0.05, 0) is 46.6 Å². The molecular weight excluding hydrogens is 456 g/mol. The molecular formula is C24H28N4O3S2. The van der Waals surface area contributed by atoms with Crippen molar-refractivity contribution in [1.82, 2.24) is 14.9 Å². The Morgan fingerprint density at radius 1 is 1.15 bits per heavy atom. The van der Waals surface area contributed by atoms with Crippen LogP contribution in [0.15, 0.2) is 35.7 Å². The number of likely N-dealkylation sites (tertiary alicyclic amines) is 1. The van der Waals surface area contributed by atoms with Gasteiger partial charge in [0.15, 0.2) is 5.13 Å². The smallest absolute Gasteiger partial charge is 0.410 e. The molecule has 0 saturated carbocycles. The van der Waals surface area contributed by atoms with E-state index in [4.69, 9.17) is 4.74 Å². The van der Waals surface area contributed by atoms with Gasteiger partial charge in [-0.2, -0.15) is 0 Å². The van der Waals surface area contributed by atoms with E-state index in [9.17, 15) is 9.59 Å². The molecule has 0 bridgehead atoms. The molecule has 3 aromatic rings. The molecule has 174 valence electrons. The van der Waals surface area contributed by atoms with E-state index in [2.05, 4.69) is 15.3 Å². The van der Waals surface area contributed by atoms with Gasteiger partial charge in [0, 0.05) is 17.8 Å². The molecule has 2 aromatic heterocycles. The summed E-state index contributed by atoms with van der Waals surface area (Å²) in [6.45, 7) is 9.82. The van der Waals surface area contributed by atoms with E-state index in [-0.39, 0.29) is 11.8 Å². The molecule has 0 spiro atoms. The molecule has 33 heavy (non-hydrogen) atoms. The van der Waals surface area contributed by atoms with Crippen molar-refractivity contribution < 1.29 is 14.3 Å². The van der Waals surface area contributed by atoms with Crippen molar-refractivity contribution in [1.29, 1.82) is 0 Å². The quantitative estimate of drug-likeness (QED) is 0.520. The van der Waals surface area contributed by atoms with Crippen LogP contribution in [0.2, 0.25) is 0 Å². The first-order valence-corrected chi connectivity index (χ1v) is 12.6. The van der Waals surface area contributed by atoms with Crippen molar-refractivity contribution in [3.63, 3.8) is 0 Å². The van der Waals surface area contributed by atoms with Crippen LogP contribution in [0.25, 0.3) is 10.6 Å². The maximum absolute atomic E-state index is 13.3. The zero-order chi connectivity index (χ0) is 23.8. The summed E-state index contributed by atoms with van der Waals surface area (Å²) in [5.41, 5.74) is 2.20. The van der Waals surface area contributed by atoms with Crippen LogP contribution in [-0.4, -0.2) is 45.1 Å². The van der Waals surface area contributed by atoms with Crippen molar-refractivity contribution in [3.8, 4) is 10.6 Å². The predicted molar refractivity (Wildman–Crippen MR) is 132 cm³/mol. The number of carbonyl (C=O) groups excluding carboxylic acids is 2. The number of amides is 2. The zero-order valence-corrected chi connectivity index (χ0v) is 21.0. The van der Waals surface area contributed by atoms with Gasteiger partial charge in [0.25, 0.3) is 0 Å². The van der Waals surface area contributed by atoms with Gasteiger partial charge >= 0.3 is 6.09 Å². The lowest BCUT2D eigenvalue weighted by molar-refractivity contribution is -0.120. The predicted octanol–water partition coefficient (Wildman–Crippen LogP) is 5.62. The highest BCUT2D eigenvalue weighted by atomic mass is 32.1. The van der Waals surface area contributed by atoms with E-state index in [1.807, 2.05) is 70.3 Å². The zero-order valence-electron chi connectivity index (χ0n) is 19.4. The van der Waals surface area contributed by atoms with Crippen molar-refractivity contribution in [2.75, 3.05) is 11.9 Å². The summed E-state index contributed by atoms with van der Waals surface area (Å²) in [6, 6.07) is 9.34. The molecule has 1 aliphatic rings. The van der Waals surface area contributed by atoms with Gasteiger partial charge in [-0.1, -0.05) is 30.3 Å². The number of nitrogens with one attached hydrogen (secondary N) is 1. The molecule has 0 aliphatic carbocycles. The number of hydrogen-bond donors (Lipinski definition) is 1. The Morgan fingerprint density at radius 3 is 2.52 bits per heavy atom. The average molecular weight is 485 g/mol. The van der Waals surface area contributed by atoms with Gasteiger partial charge in [-0.3, -0.25) is 9.69 Å². The first kappa shape index (κ1) is 23.4. The molecule has 2 atom stereocenters. The van der Waals surface area contributed by atoms with E-state index in [0.29, 0.717) is 18.1 Å². The molecule has 1 fully saturated rings. The number of thiazole rings is 2. The van der Waals surface area contributed by atoms with Gasteiger partial charge in [0.2, 0.25) is 5.91 Å². The first-order valence-electron chi connectivity index (χ1n) is 10.9. The number of aromatic nitrogens is 2. The highest BCUT2D eigenvalue weighted by Gasteiger charge is 2.42. The number of benzene rings is 1. The molecule has 2 amide bonds. The number of nitrogens with zero attached hydrogens (tertiary/aromatic N) is 3. The van der Waals surface area contributed by atoms with Crippen molar-refractivity contribution in [3.05, 3.63) is 52.0 Å². The van der Waals surface area contributed by atoms with E-state index in [1.54, 1.807) is 16.2 Å². The number of rotatable bonds is 4. The SMILES string of the molecule is Cc1nc(C)c(-c2csc(NC(=O)[C@@H]3C[C@@H](c4ccccc4)CN3C(=O)OC(C)(C)C)n2)s1. The monoisotopic (exact) mass is 484 g/mol. The highest BCUT2D eigenvalue weighted by Crippen LogP contribution is 2.35. The van der Waals surface area contributed by atoms with E-state index in [0.717, 1.165) is 26.8 Å². The maximum Gasteiger partial charge on any atom is 0.410 e. The van der Waals surface area contributed by atoms with Crippen LogP contribution < -0.4 is 5.32 Å². The van der Waals surface area contributed by atoms with Gasteiger partial charge in [0.05, 0.1) is 21.3 Å². The van der Waals surface area contributed by atoms with Gasteiger partial charge in [-0.15, -0.1) is 22.7 Å². The summed E-state index contributed by atoms with van der Waals surface area (Å²) in [5.74, 6) is -0.193. The van der Waals surface area contributed by atoms with Crippen LogP contribution in [0.1, 0.15) is 49.4 Å². The number of ether oxygens (including phenoxy) is 1. The van der Waals surface area contributed by atoms with Crippen molar-refractivity contribution in [2.24, 2.45) is 0 Å². The number of carbonyl (C=O) groups is 2. The Labute approximate surface area is 201 Å². The summed E-state index contributed by atoms with van der Waals surface area (Å²) in [5, 5.41) is 6.33. The average Bonchev–Trinajstić information content (AvgIpc) is 3.45. The van der Waals surface area contributed by atoms with E-state index < -0.39 is 17.7 Å². The Hall–Kier alpha value is -2.78. The van der Waals surface area contributed by atoms with Crippen LogP contribution in [0.4, 0.5) is 9.93 Å². The summed E-state index contributed by atoms with van der Waals surface area (Å²) >= 11 is 2.95. The minimum atomic E-state index is -0.641. The Morgan fingerprint density at radius 2 is 1.88 bits per heavy atom. The molecule has 4 rings (SSSR count). The molecule has 1 saturated heterocycles. The number of hydrogen-bond acceptors (Lipinski definition) is 7. The fraction of sp³-hybridized carbons (Fsp3) is 0.417. The third kappa shape index (κ3) is 5.42. The lowest BCUT2D eigenvalue weighted by Crippen LogP contribution is -2.45. The minimum absolute atomic E-state index is 0.0594. The van der Waals surface area contributed by atoms with Gasteiger partial charge in [-0.25, -0.2) is 14.8 Å². The molecule has 9 heteroatoms. The van der Waals surface area contributed by atoms with E-state index >= 15 is 0 Å². The number of aryl methyl sites for hydroxylation is 2. The topological polar surface area (TPSA) is 84.4 Å². The molecule has 3 heterocycles. The van der Waals surface area contributed by atoms with Crippen LogP contribution in [-0.2, 0) is 9.53 Å². The fourth-order valence-electron chi connectivity index (χ4n) is 3.97. The standard InChI is InChI=1S/C24H28N4O3S2/c1-14-20(33-15(2)25-14)18-13-32-22(26-18)27-21(29)19-11-17(16-9-7-6-8-10-16)12-28(19)23(30)31-24(3,4)5/h6-10,13,17,19H,11-12H2,1-5H3,(H,26,27,29)/t17-,19+/m1/s1. The Bertz CT molecular complexity index is 1150. The summed E-state index contributed by atoms with van der Waals surface area (Å²) in [6.07, 6.45) is 0.0529. The van der Waals surface area contributed by atoms with Gasteiger partial charge in [0.1, 0.15) is 11.6 Å². The maximum atomic E-state index is 13.3. The molecule has 1 aromatic carbocycles. The molecule has 1 aliphatic heterocycles. The largest absolute Gasteiger partial charge is 0.444 e. The molecule has 1 N–H and O–H groups in total. The van der Waals surface area contributed by atoms with Crippen LogP contribution >= 0.6 is 22.7 Å². The third-order valence-electron chi connectivity index (χ3n) is 5.37. The molecule has 0 radical (unpaired) electrons. The highest BCUT2D eigenvalue weighted by molar-refractivity contribution is 7.16. The molecule has 7 nitrogen and oxygen atoms in total.